The number of anilines is 1. The zero-order chi connectivity index (χ0) is 16.4. The van der Waals surface area contributed by atoms with Gasteiger partial charge < -0.3 is 5.32 Å². The maximum atomic E-state index is 14.4. The molecule has 0 unspecified atom stereocenters. The van der Waals surface area contributed by atoms with Crippen molar-refractivity contribution in [2.24, 2.45) is 5.41 Å². The minimum absolute atomic E-state index is 0.0573. The Balaban J connectivity index is 3.02. The second-order valence-electron chi connectivity index (χ2n) is 7.65. The topological polar surface area (TPSA) is 29.1 Å². The second kappa shape index (κ2) is 6.26. The summed E-state index contributed by atoms with van der Waals surface area (Å²) in [5.74, 6) is -1.48. The molecule has 1 N–H and O–H groups in total. The van der Waals surface area contributed by atoms with E-state index in [1.54, 1.807) is 20.8 Å². The van der Waals surface area contributed by atoms with Crippen LogP contribution in [0.25, 0.3) is 0 Å². The number of hydrogen-bond donors (Lipinski definition) is 1. The zero-order valence-corrected chi connectivity index (χ0v) is 14.7. The molecule has 0 spiro atoms. The standard InChI is InChI=1S/C16H25F2NOSi/c1-16(2,3)15(20)19-13-8-7-12(17)11(14(13)18)9-10-21(4,5)6/h7-8H,9-10H2,1-6H3,(H,19,20). The first-order valence-electron chi connectivity index (χ1n) is 7.20. The predicted octanol–water partition coefficient (Wildman–Crippen LogP) is 4.83. The Hall–Kier alpha value is -1.23. The SMILES string of the molecule is CC(C)(C)C(=O)Nc1ccc(F)c(CC[Si](C)(C)C)c1F. The second-order valence-corrected chi connectivity index (χ2v) is 13.3. The summed E-state index contributed by atoms with van der Waals surface area (Å²) in [6.45, 7) is 11.7. The molecule has 0 heterocycles. The summed E-state index contributed by atoms with van der Waals surface area (Å²) in [7, 11) is -1.39. The van der Waals surface area contributed by atoms with Crippen LogP contribution in [-0.2, 0) is 11.2 Å². The number of hydrogen-bond acceptors (Lipinski definition) is 1. The van der Waals surface area contributed by atoms with E-state index in [0.717, 1.165) is 6.04 Å². The van der Waals surface area contributed by atoms with E-state index in [1.165, 1.54) is 12.1 Å². The van der Waals surface area contributed by atoms with Gasteiger partial charge in [-0.1, -0.05) is 46.5 Å². The molecule has 1 aromatic carbocycles. The van der Waals surface area contributed by atoms with Crippen molar-refractivity contribution in [1.29, 1.82) is 0 Å². The average molecular weight is 313 g/mol. The molecular weight excluding hydrogens is 288 g/mol. The molecule has 0 aliphatic rings. The first-order valence-corrected chi connectivity index (χ1v) is 10.9. The summed E-state index contributed by atoms with van der Waals surface area (Å²) in [5, 5.41) is 2.55. The highest BCUT2D eigenvalue weighted by Crippen LogP contribution is 2.26. The first kappa shape index (κ1) is 17.8. The molecule has 1 rings (SSSR count). The molecule has 0 saturated heterocycles. The van der Waals surface area contributed by atoms with Crippen LogP contribution >= 0.6 is 0 Å². The van der Waals surface area contributed by atoms with E-state index in [0.29, 0.717) is 6.42 Å². The van der Waals surface area contributed by atoms with E-state index in [9.17, 15) is 13.6 Å². The number of carbonyl (C=O) groups excluding carboxylic acids is 1. The molecule has 2 nitrogen and oxygen atoms in total. The number of carbonyl (C=O) groups is 1. The van der Waals surface area contributed by atoms with Crippen LogP contribution in [-0.4, -0.2) is 14.0 Å². The third-order valence-corrected chi connectivity index (χ3v) is 4.99. The van der Waals surface area contributed by atoms with Crippen LogP contribution in [0.2, 0.25) is 25.7 Å². The highest BCUT2D eigenvalue weighted by molar-refractivity contribution is 6.76. The van der Waals surface area contributed by atoms with Crippen molar-refractivity contribution >= 4 is 19.7 Å². The predicted molar refractivity (Wildman–Crippen MR) is 86.3 cm³/mol. The molecule has 1 amide bonds. The van der Waals surface area contributed by atoms with Gasteiger partial charge in [-0.3, -0.25) is 4.79 Å². The van der Waals surface area contributed by atoms with Crippen LogP contribution in [0.4, 0.5) is 14.5 Å². The average Bonchev–Trinajstić information content (AvgIpc) is 2.29. The summed E-state index contributed by atoms with van der Waals surface area (Å²) in [6.07, 6.45) is 0.368. The van der Waals surface area contributed by atoms with Crippen molar-refractivity contribution in [3.63, 3.8) is 0 Å². The van der Waals surface area contributed by atoms with Gasteiger partial charge in [-0.15, -0.1) is 0 Å². The maximum absolute atomic E-state index is 14.4. The molecule has 0 fully saturated rings. The molecule has 0 bridgehead atoms. The van der Waals surface area contributed by atoms with Crippen molar-refractivity contribution < 1.29 is 13.6 Å². The summed E-state index contributed by atoms with van der Waals surface area (Å²) in [6, 6.07) is 3.31. The van der Waals surface area contributed by atoms with E-state index < -0.39 is 25.1 Å². The highest BCUT2D eigenvalue weighted by Gasteiger charge is 2.24. The van der Waals surface area contributed by atoms with Crippen molar-refractivity contribution in [2.75, 3.05) is 5.32 Å². The van der Waals surface area contributed by atoms with Gasteiger partial charge in [0.2, 0.25) is 5.91 Å². The number of amides is 1. The lowest BCUT2D eigenvalue weighted by Gasteiger charge is -2.20. The van der Waals surface area contributed by atoms with E-state index >= 15 is 0 Å². The lowest BCUT2D eigenvalue weighted by Crippen LogP contribution is -2.28. The fourth-order valence-electron chi connectivity index (χ4n) is 1.73. The van der Waals surface area contributed by atoms with Gasteiger partial charge in [0.15, 0.2) is 5.82 Å². The van der Waals surface area contributed by atoms with Gasteiger partial charge >= 0.3 is 0 Å². The summed E-state index contributed by atoms with van der Waals surface area (Å²) >= 11 is 0. The number of rotatable bonds is 4. The molecule has 0 aliphatic heterocycles. The fraction of sp³-hybridized carbons (Fsp3) is 0.562. The third kappa shape index (κ3) is 5.23. The van der Waals surface area contributed by atoms with Gasteiger partial charge in [-0.05, 0) is 18.6 Å². The third-order valence-electron chi connectivity index (χ3n) is 3.24. The molecule has 118 valence electrons. The van der Waals surface area contributed by atoms with Gasteiger partial charge in [0, 0.05) is 19.1 Å². The molecule has 0 aliphatic carbocycles. The highest BCUT2D eigenvalue weighted by atomic mass is 28.3. The summed E-state index contributed by atoms with van der Waals surface area (Å²) in [5.41, 5.74) is -0.495. The van der Waals surface area contributed by atoms with Crippen LogP contribution in [0, 0.1) is 17.0 Å². The molecule has 0 aromatic heterocycles. The molecule has 21 heavy (non-hydrogen) atoms. The quantitative estimate of drug-likeness (QED) is 0.793. The van der Waals surface area contributed by atoms with Crippen LogP contribution in [0.5, 0.6) is 0 Å². The van der Waals surface area contributed by atoms with Crippen molar-refractivity contribution in [3.05, 3.63) is 29.3 Å². The Morgan fingerprint density at radius 2 is 1.76 bits per heavy atom. The fourth-order valence-corrected chi connectivity index (χ4v) is 2.73. The Morgan fingerprint density at radius 3 is 2.24 bits per heavy atom. The van der Waals surface area contributed by atoms with Crippen LogP contribution in [0.3, 0.4) is 0 Å². The molecule has 0 radical (unpaired) electrons. The van der Waals surface area contributed by atoms with Gasteiger partial charge in [0.25, 0.3) is 0 Å². The molecule has 5 heteroatoms. The lowest BCUT2D eigenvalue weighted by atomic mass is 9.95. The van der Waals surface area contributed by atoms with Crippen LogP contribution < -0.4 is 5.32 Å². The Bertz CT molecular complexity index is 530. The largest absolute Gasteiger partial charge is 0.323 e. The van der Waals surface area contributed by atoms with Crippen LogP contribution in [0.1, 0.15) is 26.3 Å². The van der Waals surface area contributed by atoms with E-state index in [1.807, 2.05) is 0 Å². The summed E-state index contributed by atoms with van der Waals surface area (Å²) in [4.78, 5) is 11.9. The van der Waals surface area contributed by atoms with Crippen LogP contribution in [0.15, 0.2) is 12.1 Å². The molecule has 1 aromatic rings. The molecule has 0 saturated carbocycles. The van der Waals surface area contributed by atoms with E-state index in [-0.39, 0.29) is 17.2 Å². The Morgan fingerprint density at radius 1 is 1.19 bits per heavy atom. The molecular formula is C16H25F2NOSi. The smallest absolute Gasteiger partial charge is 0.229 e. The van der Waals surface area contributed by atoms with Gasteiger partial charge in [0.05, 0.1) is 5.69 Å². The van der Waals surface area contributed by atoms with Gasteiger partial charge in [-0.25, -0.2) is 8.78 Å². The number of nitrogens with one attached hydrogen (secondary N) is 1. The van der Waals surface area contributed by atoms with Gasteiger partial charge in [0.1, 0.15) is 5.82 Å². The first-order chi connectivity index (χ1) is 9.42. The normalized spacial score (nSPS) is 12.4. The summed E-state index contributed by atoms with van der Waals surface area (Å²) < 4.78 is 28.3. The maximum Gasteiger partial charge on any atom is 0.229 e. The van der Waals surface area contributed by atoms with Gasteiger partial charge in [-0.2, -0.15) is 0 Å². The number of benzene rings is 1. The minimum Gasteiger partial charge on any atom is -0.323 e. The van der Waals surface area contributed by atoms with Crippen molar-refractivity contribution in [3.8, 4) is 0 Å². The van der Waals surface area contributed by atoms with Crippen molar-refractivity contribution in [2.45, 2.75) is 52.9 Å². The molecule has 0 atom stereocenters. The number of halogens is 2. The Kier molecular flexibility index (Phi) is 5.31. The minimum atomic E-state index is -1.39. The monoisotopic (exact) mass is 313 g/mol. The Labute approximate surface area is 127 Å². The van der Waals surface area contributed by atoms with E-state index in [2.05, 4.69) is 25.0 Å². The zero-order valence-electron chi connectivity index (χ0n) is 13.7. The lowest BCUT2D eigenvalue weighted by molar-refractivity contribution is -0.123. The van der Waals surface area contributed by atoms with E-state index in [4.69, 9.17) is 0 Å². The van der Waals surface area contributed by atoms with Crippen molar-refractivity contribution in [1.82, 2.24) is 0 Å².